The first-order valence-corrected chi connectivity index (χ1v) is 8.65. The zero-order chi connectivity index (χ0) is 14.3. The third kappa shape index (κ3) is 2.37. The van der Waals surface area contributed by atoms with Gasteiger partial charge in [-0.1, -0.05) is 15.9 Å². The number of hydrogen-bond acceptors (Lipinski definition) is 4. The number of fused-ring (bicyclic) bond motifs is 1. The first-order chi connectivity index (χ1) is 9.50. The minimum Gasteiger partial charge on any atom is -0.316 e. The van der Waals surface area contributed by atoms with E-state index in [1.54, 1.807) is 16.4 Å². The van der Waals surface area contributed by atoms with E-state index >= 15 is 0 Å². The second-order valence-corrected chi connectivity index (χ2v) is 8.14. The molecule has 0 unspecified atom stereocenters. The van der Waals surface area contributed by atoms with E-state index in [1.807, 2.05) is 6.07 Å². The van der Waals surface area contributed by atoms with E-state index < -0.39 is 10.0 Å². The Morgan fingerprint density at radius 2 is 1.90 bits per heavy atom. The van der Waals surface area contributed by atoms with Crippen molar-refractivity contribution in [2.24, 2.45) is 11.8 Å². The molecular formula is C13H14BrN3O2S. The first kappa shape index (κ1) is 14.0. The standard InChI is InChI=1S/C13H14BrN3O2S/c14-12-1-9(4-15)2-13(3-12)20(18,19)17-7-10-5-16-6-11(10)8-17/h1-3,10-11,16H,5-8H2/t10-,11+. The van der Waals surface area contributed by atoms with Gasteiger partial charge in [-0.2, -0.15) is 9.57 Å². The molecule has 1 N–H and O–H groups in total. The van der Waals surface area contributed by atoms with E-state index in [1.165, 1.54) is 6.07 Å². The van der Waals surface area contributed by atoms with Gasteiger partial charge in [-0.3, -0.25) is 0 Å². The fourth-order valence-electron chi connectivity index (χ4n) is 2.93. The van der Waals surface area contributed by atoms with E-state index in [0.717, 1.165) is 13.1 Å². The molecule has 2 saturated heterocycles. The summed E-state index contributed by atoms with van der Waals surface area (Å²) < 4.78 is 27.5. The Hall–Kier alpha value is -0.940. The van der Waals surface area contributed by atoms with Gasteiger partial charge in [0.05, 0.1) is 16.5 Å². The number of halogens is 1. The Balaban J connectivity index is 1.93. The van der Waals surface area contributed by atoms with Crippen LogP contribution in [0.4, 0.5) is 0 Å². The highest BCUT2D eigenvalue weighted by atomic mass is 79.9. The Kier molecular flexibility index (Phi) is 3.58. The fraction of sp³-hybridized carbons (Fsp3) is 0.462. The first-order valence-electron chi connectivity index (χ1n) is 6.42. The molecular weight excluding hydrogens is 342 g/mol. The summed E-state index contributed by atoms with van der Waals surface area (Å²) in [6.07, 6.45) is 0. The van der Waals surface area contributed by atoms with Gasteiger partial charge in [0.15, 0.2) is 0 Å². The third-order valence-electron chi connectivity index (χ3n) is 3.99. The average molecular weight is 356 g/mol. The highest BCUT2D eigenvalue weighted by Crippen LogP contribution is 2.31. The molecule has 2 heterocycles. The number of nitriles is 1. The second kappa shape index (κ2) is 5.11. The van der Waals surface area contributed by atoms with Crippen LogP contribution in [0.3, 0.4) is 0 Å². The summed E-state index contributed by atoms with van der Waals surface area (Å²) in [5, 5.41) is 12.3. The van der Waals surface area contributed by atoms with Gasteiger partial charge in [0.2, 0.25) is 10.0 Å². The molecule has 0 aromatic heterocycles. The summed E-state index contributed by atoms with van der Waals surface area (Å²) in [4.78, 5) is 0.191. The number of rotatable bonds is 2. The van der Waals surface area contributed by atoms with Crippen molar-refractivity contribution in [1.29, 1.82) is 5.26 Å². The number of nitrogens with one attached hydrogen (secondary N) is 1. The Bertz CT molecular complexity index is 671. The fourth-order valence-corrected chi connectivity index (χ4v) is 5.20. The van der Waals surface area contributed by atoms with Gasteiger partial charge in [0.25, 0.3) is 0 Å². The lowest BCUT2D eigenvalue weighted by atomic mass is 10.0. The van der Waals surface area contributed by atoms with Gasteiger partial charge in [-0.05, 0) is 43.1 Å². The lowest BCUT2D eigenvalue weighted by molar-refractivity contribution is 0.448. The summed E-state index contributed by atoms with van der Waals surface area (Å²) in [6.45, 7) is 2.90. The maximum atomic E-state index is 12.7. The molecule has 2 fully saturated rings. The van der Waals surface area contributed by atoms with E-state index in [9.17, 15) is 8.42 Å². The Morgan fingerprint density at radius 3 is 2.50 bits per heavy atom. The molecule has 2 aliphatic rings. The van der Waals surface area contributed by atoms with Crippen LogP contribution in [0.15, 0.2) is 27.6 Å². The van der Waals surface area contributed by atoms with Crippen molar-refractivity contribution >= 4 is 26.0 Å². The van der Waals surface area contributed by atoms with Crippen LogP contribution in [0.2, 0.25) is 0 Å². The molecule has 20 heavy (non-hydrogen) atoms. The lowest BCUT2D eigenvalue weighted by Crippen LogP contribution is -2.32. The van der Waals surface area contributed by atoms with Crippen LogP contribution < -0.4 is 5.32 Å². The minimum absolute atomic E-state index is 0.191. The van der Waals surface area contributed by atoms with Crippen LogP contribution in [0.5, 0.6) is 0 Å². The summed E-state index contributed by atoms with van der Waals surface area (Å²) in [6, 6.07) is 6.60. The molecule has 1 aromatic carbocycles. The third-order valence-corrected chi connectivity index (χ3v) is 6.26. The molecule has 0 amide bonds. The maximum Gasteiger partial charge on any atom is 0.243 e. The van der Waals surface area contributed by atoms with Crippen molar-refractivity contribution in [1.82, 2.24) is 9.62 Å². The van der Waals surface area contributed by atoms with Crippen molar-refractivity contribution in [3.63, 3.8) is 0 Å². The van der Waals surface area contributed by atoms with Crippen molar-refractivity contribution in [3.05, 3.63) is 28.2 Å². The molecule has 5 nitrogen and oxygen atoms in total. The van der Waals surface area contributed by atoms with Gasteiger partial charge in [0, 0.05) is 17.6 Å². The summed E-state index contributed by atoms with van der Waals surface area (Å²) in [7, 11) is -3.51. The maximum absolute atomic E-state index is 12.7. The predicted molar refractivity (Wildman–Crippen MR) is 77.5 cm³/mol. The number of benzene rings is 1. The van der Waals surface area contributed by atoms with Crippen LogP contribution in [0, 0.1) is 23.2 Å². The van der Waals surface area contributed by atoms with E-state index in [-0.39, 0.29) is 4.90 Å². The van der Waals surface area contributed by atoms with Crippen molar-refractivity contribution < 1.29 is 8.42 Å². The molecule has 106 valence electrons. The van der Waals surface area contributed by atoms with Crippen LogP contribution in [-0.4, -0.2) is 38.9 Å². The van der Waals surface area contributed by atoms with Gasteiger partial charge in [-0.15, -0.1) is 0 Å². The molecule has 7 heteroatoms. The Morgan fingerprint density at radius 1 is 1.25 bits per heavy atom. The van der Waals surface area contributed by atoms with Crippen molar-refractivity contribution in [2.45, 2.75) is 4.90 Å². The molecule has 1 aromatic rings. The van der Waals surface area contributed by atoms with Gasteiger partial charge >= 0.3 is 0 Å². The number of sulfonamides is 1. The van der Waals surface area contributed by atoms with Crippen LogP contribution >= 0.6 is 15.9 Å². The monoisotopic (exact) mass is 355 g/mol. The molecule has 2 aliphatic heterocycles. The highest BCUT2D eigenvalue weighted by molar-refractivity contribution is 9.10. The second-order valence-electron chi connectivity index (χ2n) is 5.29. The molecule has 0 aliphatic carbocycles. The lowest BCUT2D eigenvalue weighted by Gasteiger charge is -2.17. The summed E-state index contributed by atoms with van der Waals surface area (Å²) in [5.74, 6) is 0.819. The van der Waals surface area contributed by atoms with Gasteiger partial charge < -0.3 is 5.32 Å². The number of hydrogen-bond donors (Lipinski definition) is 1. The summed E-state index contributed by atoms with van der Waals surface area (Å²) >= 11 is 3.26. The largest absolute Gasteiger partial charge is 0.316 e. The smallest absolute Gasteiger partial charge is 0.243 e. The van der Waals surface area contributed by atoms with Gasteiger partial charge in [0.1, 0.15) is 0 Å². The zero-order valence-corrected chi connectivity index (χ0v) is 13.1. The molecule has 0 radical (unpaired) electrons. The average Bonchev–Trinajstić information content (AvgIpc) is 2.98. The predicted octanol–water partition coefficient (Wildman–Crippen LogP) is 1.16. The Labute approximate surface area is 126 Å². The quantitative estimate of drug-likeness (QED) is 0.863. The van der Waals surface area contributed by atoms with Crippen molar-refractivity contribution in [2.75, 3.05) is 26.2 Å². The highest BCUT2D eigenvalue weighted by Gasteiger charge is 2.41. The SMILES string of the molecule is N#Cc1cc(Br)cc(S(=O)(=O)N2C[C@H]3CNC[C@H]3C2)c1. The van der Waals surface area contributed by atoms with Crippen molar-refractivity contribution in [3.8, 4) is 6.07 Å². The summed E-state index contributed by atoms with van der Waals surface area (Å²) in [5.41, 5.74) is 0.346. The van der Waals surface area contributed by atoms with E-state index in [2.05, 4.69) is 21.2 Å². The molecule has 0 saturated carbocycles. The van der Waals surface area contributed by atoms with E-state index in [4.69, 9.17) is 5.26 Å². The van der Waals surface area contributed by atoms with Crippen LogP contribution in [0.1, 0.15) is 5.56 Å². The number of nitrogens with zero attached hydrogens (tertiary/aromatic N) is 2. The zero-order valence-electron chi connectivity index (χ0n) is 10.7. The topological polar surface area (TPSA) is 73.2 Å². The minimum atomic E-state index is -3.51. The van der Waals surface area contributed by atoms with Crippen LogP contribution in [-0.2, 0) is 10.0 Å². The molecule has 2 atom stereocenters. The molecule has 3 rings (SSSR count). The molecule has 0 spiro atoms. The molecule has 0 bridgehead atoms. The normalized spacial score (nSPS) is 26.4. The van der Waals surface area contributed by atoms with E-state index in [0.29, 0.717) is 35.0 Å². The van der Waals surface area contributed by atoms with Gasteiger partial charge in [-0.25, -0.2) is 8.42 Å². The van der Waals surface area contributed by atoms with Crippen LogP contribution in [0.25, 0.3) is 0 Å².